The first-order chi connectivity index (χ1) is 8.94. The SMILES string of the molecule is CCC1(CC)C(=O)CC1Oc1cc(C)c(Br)c(C)c1. The van der Waals surface area contributed by atoms with Crippen LogP contribution in [0.4, 0.5) is 0 Å². The van der Waals surface area contributed by atoms with Gasteiger partial charge in [-0.3, -0.25) is 4.79 Å². The van der Waals surface area contributed by atoms with E-state index in [-0.39, 0.29) is 11.5 Å². The van der Waals surface area contributed by atoms with Gasteiger partial charge in [-0.25, -0.2) is 0 Å². The maximum Gasteiger partial charge on any atom is 0.146 e. The molecule has 0 bridgehead atoms. The van der Waals surface area contributed by atoms with Gasteiger partial charge in [0, 0.05) is 10.9 Å². The molecule has 1 aliphatic carbocycles. The van der Waals surface area contributed by atoms with Crippen molar-refractivity contribution in [3.05, 3.63) is 27.7 Å². The second kappa shape index (κ2) is 5.28. The van der Waals surface area contributed by atoms with E-state index < -0.39 is 0 Å². The number of carbonyl (C=O) groups excluding carboxylic acids is 1. The van der Waals surface area contributed by atoms with E-state index in [1.165, 1.54) is 11.1 Å². The van der Waals surface area contributed by atoms with E-state index >= 15 is 0 Å². The summed E-state index contributed by atoms with van der Waals surface area (Å²) in [5, 5.41) is 0. The standard InChI is InChI=1S/C16H21BrO2/c1-5-16(6-2)13(18)9-14(16)19-12-7-10(3)15(17)11(4)8-12/h7-8,14H,5-6,9H2,1-4H3. The third-order valence-corrected chi connectivity index (χ3v) is 5.74. The number of aryl methyl sites for hydroxylation is 2. The van der Waals surface area contributed by atoms with Gasteiger partial charge >= 0.3 is 0 Å². The molecular weight excluding hydrogens is 304 g/mol. The lowest BCUT2D eigenvalue weighted by molar-refractivity contribution is -0.153. The van der Waals surface area contributed by atoms with E-state index in [4.69, 9.17) is 4.74 Å². The summed E-state index contributed by atoms with van der Waals surface area (Å²) in [7, 11) is 0. The molecule has 2 rings (SSSR count). The van der Waals surface area contributed by atoms with Gasteiger partial charge in [-0.1, -0.05) is 29.8 Å². The maximum atomic E-state index is 11.9. The second-order valence-corrected chi connectivity index (χ2v) is 6.26. The summed E-state index contributed by atoms with van der Waals surface area (Å²) in [5.74, 6) is 1.23. The quantitative estimate of drug-likeness (QED) is 0.809. The summed E-state index contributed by atoms with van der Waals surface area (Å²) < 4.78 is 7.22. The molecule has 0 heterocycles. The van der Waals surface area contributed by atoms with Crippen LogP contribution in [0.25, 0.3) is 0 Å². The third kappa shape index (κ3) is 2.33. The van der Waals surface area contributed by atoms with Crippen molar-refractivity contribution in [1.82, 2.24) is 0 Å². The Hall–Kier alpha value is -0.830. The van der Waals surface area contributed by atoms with Gasteiger partial charge in [0.1, 0.15) is 17.6 Å². The Kier molecular flexibility index (Phi) is 4.05. The lowest BCUT2D eigenvalue weighted by Crippen LogP contribution is -2.56. The predicted molar refractivity (Wildman–Crippen MR) is 80.7 cm³/mol. The van der Waals surface area contributed by atoms with Crippen LogP contribution in [-0.2, 0) is 4.79 Å². The molecule has 3 heteroatoms. The number of hydrogen-bond acceptors (Lipinski definition) is 2. The topological polar surface area (TPSA) is 26.3 Å². The Morgan fingerprint density at radius 2 is 1.79 bits per heavy atom. The number of ketones is 1. The van der Waals surface area contributed by atoms with Crippen LogP contribution in [0.1, 0.15) is 44.2 Å². The predicted octanol–water partition coefficient (Wildman–Crippen LogP) is 4.59. The van der Waals surface area contributed by atoms with Crippen LogP contribution >= 0.6 is 15.9 Å². The Morgan fingerprint density at radius 1 is 1.26 bits per heavy atom. The van der Waals surface area contributed by atoms with Gasteiger partial charge in [0.25, 0.3) is 0 Å². The molecule has 1 saturated carbocycles. The molecule has 1 aromatic rings. The Balaban J connectivity index is 2.21. The minimum atomic E-state index is -0.255. The Labute approximate surface area is 123 Å². The highest BCUT2D eigenvalue weighted by Crippen LogP contribution is 2.46. The Morgan fingerprint density at radius 3 is 2.21 bits per heavy atom. The minimum Gasteiger partial charge on any atom is -0.489 e. The van der Waals surface area contributed by atoms with Crippen molar-refractivity contribution in [2.75, 3.05) is 0 Å². The highest BCUT2D eigenvalue weighted by molar-refractivity contribution is 9.10. The minimum absolute atomic E-state index is 0.0370. The summed E-state index contributed by atoms with van der Waals surface area (Å²) in [6.07, 6.45) is 2.31. The molecule has 0 saturated heterocycles. The van der Waals surface area contributed by atoms with E-state index in [9.17, 15) is 4.79 Å². The molecule has 104 valence electrons. The van der Waals surface area contributed by atoms with E-state index in [1.54, 1.807) is 0 Å². The van der Waals surface area contributed by atoms with Crippen molar-refractivity contribution in [3.63, 3.8) is 0 Å². The number of rotatable bonds is 4. The highest BCUT2D eigenvalue weighted by atomic mass is 79.9. The largest absolute Gasteiger partial charge is 0.489 e. The van der Waals surface area contributed by atoms with Crippen molar-refractivity contribution >= 4 is 21.7 Å². The maximum absolute atomic E-state index is 11.9. The molecule has 19 heavy (non-hydrogen) atoms. The van der Waals surface area contributed by atoms with E-state index in [2.05, 4.69) is 43.6 Å². The van der Waals surface area contributed by atoms with Crippen LogP contribution < -0.4 is 4.74 Å². The number of halogens is 1. The van der Waals surface area contributed by atoms with E-state index in [0.717, 1.165) is 23.1 Å². The zero-order chi connectivity index (χ0) is 14.2. The van der Waals surface area contributed by atoms with Crippen LogP contribution in [0.2, 0.25) is 0 Å². The average Bonchev–Trinajstić information content (AvgIpc) is 2.37. The summed E-state index contributed by atoms with van der Waals surface area (Å²) in [6.45, 7) is 8.27. The van der Waals surface area contributed by atoms with Crippen molar-refractivity contribution < 1.29 is 9.53 Å². The van der Waals surface area contributed by atoms with Crippen LogP contribution in [0, 0.1) is 19.3 Å². The second-order valence-electron chi connectivity index (χ2n) is 5.47. The first-order valence-corrected chi connectivity index (χ1v) is 7.70. The van der Waals surface area contributed by atoms with Crippen LogP contribution in [0.5, 0.6) is 5.75 Å². The molecule has 0 aromatic heterocycles. The monoisotopic (exact) mass is 324 g/mol. The zero-order valence-corrected chi connectivity index (χ0v) is 13.6. The molecule has 1 aromatic carbocycles. The average molecular weight is 325 g/mol. The van der Waals surface area contributed by atoms with Gasteiger partial charge < -0.3 is 4.74 Å². The van der Waals surface area contributed by atoms with Gasteiger partial charge in [0.2, 0.25) is 0 Å². The normalized spacial score (nSPS) is 21.1. The molecule has 1 aliphatic rings. The molecule has 0 radical (unpaired) electrons. The van der Waals surface area contributed by atoms with Crippen LogP contribution in [0.3, 0.4) is 0 Å². The molecule has 0 spiro atoms. The molecule has 0 N–H and O–H groups in total. The molecular formula is C16H21BrO2. The number of carbonyl (C=O) groups is 1. The van der Waals surface area contributed by atoms with Crippen molar-refractivity contribution in [1.29, 1.82) is 0 Å². The highest BCUT2D eigenvalue weighted by Gasteiger charge is 2.53. The number of hydrogen-bond donors (Lipinski definition) is 0. The number of Topliss-reactive ketones (excluding diaryl/α,β-unsaturated/α-hetero) is 1. The van der Waals surface area contributed by atoms with Crippen molar-refractivity contribution in [2.45, 2.75) is 53.1 Å². The lowest BCUT2D eigenvalue weighted by atomic mass is 9.61. The Bertz CT molecular complexity index is 480. The summed E-state index contributed by atoms with van der Waals surface area (Å²) >= 11 is 3.56. The van der Waals surface area contributed by atoms with Gasteiger partial charge in [-0.2, -0.15) is 0 Å². The van der Waals surface area contributed by atoms with Gasteiger partial charge in [0.15, 0.2) is 0 Å². The smallest absolute Gasteiger partial charge is 0.146 e. The fourth-order valence-electron chi connectivity index (χ4n) is 3.01. The van der Waals surface area contributed by atoms with Crippen LogP contribution in [0.15, 0.2) is 16.6 Å². The van der Waals surface area contributed by atoms with Crippen molar-refractivity contribution in [3.8, 4) is 5.75 Å². The van der Waals surface area contributed by atoms with E-state index in [1.807, 2.05) is 12.1 Å². The molecule has 0 aliphatic heterocycles. The molecule has 1 unspecified atom stereocenters. The van der Waals surface area contributed by atoms with Gasteiger partial charge in [0.05, 0.1) is 5.41 Å². The van der Waals surface area contributed by atoms with Gasteiger partial charge in [-0.15, -0.1) is 0 Å². The zero-order valence-electron chi connectivity index (χ0n) is 12.0. The van der Waals surface area contributed by atoms with Gasteiger partial charge in [-0.05, 0) is 49.9 Å². The molecule has 0 amide bonds. The molecule has 2 nitrogen and oxygen atoms in total. The third-order valence-electron chi connectivity index (χ3n) is 4.49. The fraction of sp³-hybridized carbons (Fsp3) is 0.562. The molecule has 1 fully saturated rings. The summed E-state index contributed by atoms with van der Waals surface area (Å²) in [5.41, 5.74) is 2.08. The fourth-order valence-corrected chi connectivity index (χ4v) is 3.24. The number of ether oxygens (including phenoxy) is 1. The summed E-state index contributed by atoms with van der Waals surface area (Å²) in [4.78, 5) is 11.9. The molecule has 1 atom stereocenters. The van der Waals surface area contributed by atoms with E-state index in [0.29, 0.717) is 12.2 Å². The lowest BCUT2D eigenvalue weighted by Gasteiger charge is -2.46. The number of benzene rings is 1. The first kappa shape index (κ1) is 14.6. The first-order valence-electron chi connectivity index (χ1n) is 6.91. The van der Waals surface area contributed by atoms with Crippen molar-refractivity contribution in [2.24, 2.45) is 5.41 Å². The van der Waals surface area contributed by atoms with Crippen LogP contribution in [-0.4, -0.2) is 11.9 Å². The summed E-state index contributed by atoms with van der Waals surface area (Å²) in [6, 6.07) is 4.08.